The Morgan fingerprint density at radius 2 is 1.36 bits per heavy atom. The number of rotatable bonds is 7. The zero-order valence-corrected chi connectivity index (χ0v) is 29.4. The van der Waals surface area contributed by atoms with Crippen molar-refractivity contribution < 1.29 is 18.4 Å². The summed E-state index contributed by atoms with van der Waals surface area (Å²) in [4.78, 5) is 38.4. The van der Waals surface area contributed by atoms with Gasteiger partial charge < -0.3 is 27.4 Å². The van der Waals surface area contributed by atoms with Gasteiger partial charge in [0.2, 0.25) is 5.95 Å². The topological polar surface area (TPSA) is 233 Å². The minimum Gasteiger partial charge on any atom is -0.380 e. The molecule has 0 atom stereocenters. The maximum Gasteiger partial charge on any atom is 0.326 e. The van der Waals surface area contributed by atoms with Gasteiger partial charge in [-0.15, -0.1) is 10.2 Å². The van der Waals surface area contributed by atoms with Gasteiger partial charge >= 0.3 is 12.1 Å². The Labute approximate surface area is 314 Å². The molecule has 56 heavy (non-hydrogen) atoms. The highest BCUT2D eigenvalue weighted by Gasteiger charge is 2.19. The van der Waals surface area contributed by atoms with Crippen LogP contribution in [0.1, 0.15) is 11.1 Å². The van der Waals surface area contributed by atoms with Crippen LogP contribution in [0.3, 0.4) is 0 Å². The van der Waals surface area contributed by atoms with Crippen molar-refractivity contribution in [1.29, 1.82) is 0 Å². The first-order valence-corrected chi connectivity index (χ1v) is 16.8. The molecule has 8 N–H and O–H groups in total. The van der Waals surface area contributed by atoms with E-state index in [1.807, 2.05) is 6.07 Å². The average molecular weight is 754 g/mol. The molecule has 0 saturated carbocycles. The lowest BCUT2D eigenvalue weighted by Gasteiger charge is -2.14. The molecule has 8 rings (SSSR count). The quantitative estimate of drug-likeness (QED) is 0.106. The molecule has 0 saturated heterocycles. The van der Waals surface area contributed by atoms with Crippen LogP contribution in [0.5, 0.6) is 0 Å². The molecular weight excluding hydrogens is 725 g/mol. The third-order valence-corrected chi connectivity index (χ3v) is 8.73. The number of halogens is 2. The number of anilines is 6. The molecule has 6 heterocycles. The van der Waals surface area contributed by atoms with Crippen LogP contribution in [0.25, 0.3) is 44.5 Å². The van der Waals surface area contributed by atoms with Crippen molar-refractivity contribution in [3.63, 3.8) is 0 Å². The van der Waals surface area contributed by atoms with E-state index in [4.69, 9.17) is 11.5 Å². The number of aromatic nitrogens is 9. The van der Waals surface area contributed by atoms with E-state index in [0.717, 1.165) is 5.56 Å². The summed E-state index contributed by atoms with van der Waals surface area (Å²) in [6, 6.07) is 14.5. The standard InChI is InChI=1S/C37H29F2N15O2/c1-18-5-7-26(38)29(10-18)46-37(56)48-35-43-14-21(15-44-35)25-12-20(17-54-32(25)34(41)50-52-54)24-13-27(39)30(11-19(24)2)47-36(55)45-22-6-8-28(42-16-22)23-4-3-9-53-31(23)33(40)49-51-53/h3-17H,40-41H2,1-2H3,(H2,45,47,55)(H2,43,44,46,48,56). The van der Waals surface area contributed by atoms with E-state index in [9.17, 15) is 14.0 Å². The van der Waals surface area contributed by atoms with Gasteiger partial charge in [0.1, 0.15) is 22.7 Å². The Morgan fingerprint density at radius 1 is 0.661 bits per heavy atom. The Hall–Kier alpha value is -8.09. The fourth-order valence-corrected chi connectivity index (χ4v) is 6.12. The highest BCUT2D eigenvalue weighted by atomic mass is 19.1. The number of nitrogens with one attached hydrogen (secondary N) is 4. The second-order valence-electron chi connectivity index (χ2n) is 12.6. The molecule has 0 radical (unpaired) electrons. The molecule has 17 nitrogen and oxygen atoms in total. The number of hydrogen-bond donors (Lipinski definition) is 6. The number of fused-ring (bicyclic) bond motifs is 2. The van der Waals surface area contributed by atoms with Gasteiger partial charge in [0.15, 0.2) is 11.6 Å². The Kier molecular flexibility index (Phi) is 8.77. The minimum absolute atomic E-state index is 0.00558. The van der Waals surface area contributed by atoms with E-state index < -0.39 is 23.7 Å². The molecule has 8 aromatic rings. The number of carbonyl (C=O) groups is 2. The van der Waals surface area contributed by atoms with Crippen molar-refractivity contribution in [2.24, 2.45) is 0 Å². The average Bonchev–Trinajstić information content (AvgIpc) is 3.76. The fourth-order valence-electron chi connectivity index (χ4n) is 6.12. The van der Waals surface area contributed by atoms with Gasteiger partial charge in [-0.1, -0.05) is 16.5 Å². The molecule has 2 aromatic carbocycles. The van der Waals surface area contributed by atoms with Crippen LogP contribution in [0.2, 0.25) is 0 Å². The summed E-state index contributed by atoms with van der Waals surface area (Å²) < 4.78 is 32.8. The van der Waals surface area contributed by atoms with Crippen molar-refractivity contribution in [2.45, 2.75) is 13.8 Å². The van der Waals surface area contributed by atoms with Crippen molar-refractivity contribution in [3.05, 3.63) is 114 Å². The number of hydrogen-bond acceptors (Lipinski definition) is 11. The van der Waals surface area contributed by atoms with E-state index >= 15 is 4.39 Å². The highest BCUT2D eigenvalue weighted by Crippen LogP contribution is 2.35. The lowest BCUT2D eigenvalue weighted by Crippen LogP contribution is -2.21. The van der Waals surface area contributed by atoms with E-state index in [2.05, 4.69) is 56.8 Å². The molecule has 19 heteroatoms. The molecule has 4 amide bonds. The maximum absolute atomic E-state index is 15.6. The van der Waals surface area contributed by atoms with E-state index in [-0.39, 0.29) is 29.0 Å². The van der Waals surface area contributed by atoms with Crippen LogP contribution >= 0.6 is 0 Å². The van der Waals surface area contributed by atoms with Crippen LogP contribution in [-0.2, 0) is 0 Å². The van der Waals surface area contributed by atoms with Crippen molar-refractivity contribution in [2.75, 3.05) is 32.7 Å². The van der Waals surface area contributed by atoms with Crippen LogP contribution < -0.4 is 32.7 Å². The second-order valence-corrected chi connectivity index (χ2v) is 12.6. The zero-order valence-electron chi connectivity index (χ0n) is 29.4. The summed E-state index contributed by atoms with van der Waals surface area (Å²) in [6.07, 6.45) is 7.74. The van der Waals surface area contributed by atoms with Gasteiger partial charge in [0.05, 0.1) is 29.0 Å². The van der Waals surface area contributed by atoms with Gasteiger partial charge in [-0.05, 0) is 85.1 Å². The molecule has 0 aliphatic carbocycles. The number of nitrogens with two attached hydrogens (primary N) is 2. The minimum atomic E-state index is -0.736. The molecule has 6 aromatic heterocycles. The summed E-state index contributed by atoms with van der Waals surface area (Å²) in [5.41, 5.74) is 18.3. The van der Waals surface area contributed by atoms with Crippen LogP contribution in [-0.4, -0.2) is 56.7 Å². The predicted molar refractivity (Wildman–Crippen MR) is 206 cm³/mol. The number of pyridine rings is 3. The Bertz CT molecular complexity index is 2820. The van der Waals surface area contributed by atoms with Crippen molar-refractivity contribution in [3.8, 4) is 33.5 Å². The largest absolute Gasteiger partial charge is 0.380 e. The van der Waals surface area contributed by atoms with E-state index in [1.165, 1.54) is 47.4 Å². The molecule has 0 aliphatic heterocycles. The summed E-state index contributed by atoms with van der Waals surface area (Å²) in [5, 5.41) is 26.1. The fraction of sp³-hybridized carbons (Fsp3) is 0.0541. The van der Waals surface area contributed by atoms with E-state index in [1.54, 1.807) is 61.1 Å². The third kappa shape index (κ3) is 6.77. The Morgan fingerprint density at radius 3 is 2.09 bits per heavy atom. The molecule has 0 unspecified atom stereocenters. The van der Waals surface area contributed by atoms with Gasteiger partial charge in [0, 0.05) is 47.0 Å². The van der Waals surface area contributed by atoms with Gasteiger partial charge in [0.25, 0.3) is 0 Å². The second kappa shape index (κ2) is 14.0. The predicted octanol–water partition coefficient (Wildman–Crippen LogP) is 6.31. The normalized spacial score (nSPS) is 11.1. The molecule has 0 aliphatic rings. The summed E-state index contributed by atoms with van der Waals surface area (Å²) in [6.45, 7) is 3.54. The van der Waals surface area contributed by atoms with E-state index in [0.29, 0.717) is 55.8 Å². The zero-order chi connectivity index (χ0) is 39.1. The number of benzene rings is 2. The molecule has 0 bridgehead atoms. The van der Waals surface area contributed by atoms with Crippen molar-refractivity contribution in [1.82, 2.24) is 44.6 Å². The van der Waals surface area contributed by atoms with Crippen LogP contribution in [0.4, 0.5) is 53.0 Å². The number of nitrogens with zero attached hydrogens (tertiary/aromatic N) is 9. The molecule has 0 spiro atoms. The first-order valence-electron chi connectivity index (χ1n) is 16.8. The summed E-state index contributed by atoms with van der Waals surface area (Å²) >= 11 is 0. The lowest BCUT2D eigenvalue weighted by atomic mass is 9.97. The van der Waals surface area contributed by atoms with Crippen LogP contribution in [0, 0.1) is 25.5 Å². The van der Waals surface area contributed by atoms with Gasteiger partial charge in [-0.2, -0.15) is 0 Å². The molecule has 278 valence electrons. The number of aryl methyl sites for hydroxylation is 2. The SMILES string of the molecule is Cc1ccc(F)c(NC(=O)Nc2ncc(-c3cc(-c4cc(F)c(NC(=O)Nc5ccc(-c6cccn7nnc(N)c67)nc5)cc4C)cn4nnc(N)c34)cn2)c1. The lowest BCUT2D eigenvalue weighted by molar-refractivity contribution is 0.261. The Balaban J connectivity index is 0.993. The summed E-state index contributed by atoms with van der Waals surface area (Å²) in [5.74, 6) is -0.947. The van der Waals surface area contributed by atoms with Gasteiger partial charge in [-0.3, -0.25) is 10.3 Å². The van der Waals surface area contributed by atoms with Crippen molar-refractivity contribution >= 4 is 57.7 Å². The monoisotopic (exact) mass is 753 g/mol. The summed E-state index contributed by atoms with van der Waals surface area (Å²) in [7, 11) is 0. The first-order chi connectivity index (χ1) is 27.0. The smallest absolute Gasteiger partial charge is 0.326 e. The van der Waals surface area contributed by atoms with Gasteiger partial charge in [-0.25, -0.2) is 37.4 Å². The molecule has 0 fully saturated rings. The number of nitrogen functional groups attached to an aromatic ring is 2. The maximum atomic E-state index is 15.6. The third-order valence-electron chi connectivity index (χ3n) is 8.73. The van der Waals surface area contributed by atoms with Crippen LogP contribution in [0.15, 0.2) is 91.6 Å². The first kappa shape index (κ1) is 35.0. The number of urea groups is 2. The number of carbonyl (C=O) groups excluding carboxylic acids is 2. The highest BCUT2D eigenvalue weighted by molar-refractivity contribution is 6.01. The number of amides is 4. The molecular formula is C37H29F2N15O2.